The molecule has 0 saturated carbocycles. The minimum atomic E-state index is -0.976. The summed E-state index contributed by atoms with van der Waals surface area (Å²) in [6.45, 7) is 3.08. The average Bonchev–Trinajstić information content (AvgIpc) is 2.37. The van der Waals surface area contributed by atoms with Crippen molar-refractivity contribution < 1.29 is 19.4 Å². The predicted molar refractivity (Wildman–Crippen MR) is 74.1 cm³/mol. The van der Waals surface area contributed by atoms with Crippen molar-refractivity contribution in [1.29, 1.82) is 0 Å². The van der Waals surface area contributed by atoms with E-state index in [-0.39, 0.29) is 36.8 Å². The standard InChI is InChI=1S/C13H13ClO4.Li/c1-3-18-13(17)12(16)8(2)11(15)9-4-6-10(14)7-5-9;/h4-7,15H,3H2,1-2H3;. The van der Waals surface area contributed by atoms with Gasteiger partial charge in [-0.1, -0.05) is 11.6 Å². The van der Waals surface area contributed by atoms with E-state index in [0.717, 1.165) is 0 Å². The van der Waals surface area contributed by atoms with Gasteiger partial charge >= 0.3 is 5.97 Å². The van der Waals surface area contributed by atoms with Crippen LogP contribution in [0, 0.1) is 0 Å². The Morgan fingerprint density at radius 3 is 2.26 bits per heavy atom. The molecule has 0 unspecified atom stereocenters. The number of ketones is 1. The quantitative estimate of drug-likeness (QED) is 0.301. The second kappa shape index (κ2) is 8.06. The molecule has 1 aromatic carbocycles. The fourth-order valence-corrected chi connectivity index (χ4v) is 1.41. The summed E-state index contributed by atoms with van der Waals surface area (Å²) < 4.78 is 4.58. The van der Waals surface area contributed by atoms with Gasteiger partial charge in [0.1, 0.15) is 5.76 Å². The molecule has 19 heavy (non-hydrogen) atoms. The third kappa shape index (κ3) is 4.75. The monoisotopic (exact) mass is 275 g/mol. The van der Waals surface area contributed by atoms with Crippen molar-refractivity contribution in [3.63, 3.8) is 0 Å². The van der Waals surface area contributed by atoms with Crippen LogP contribution < -0.4 is 0 Å². The van der Waals surface area contributed by atoms with Crippen LogP contribution in [0.3, 0.4) is 0 Å². The molecule has 6 heteroatoms. The first-order chi connectivity index (χ1) is 8.47. The van der Waals surface area contributed by atoms with E-state index in [2.05, 4.69) is 4.74 Å². The Hall–Kier alpha value is -1.21. The van der Waals surface area contributed by atoms with Crippen LogP contribution in [-0.2, 0) is 14.3 Å². The molecule has 4 nitrogen and oxygen atoms in total. The van der Waals surface area contributed by atoms with E-state index in [1.165, 1.54) is 6.92 Å². The van der Waals surface area contributed by atoms with Crippen LogP contribution in [0.1, 0.15) is 19.4 Å². The van der Waals surface area contributed by atoms with Gasteiger partial charge in [0.25, 0.3) is 5.78 Å². The van der Waals surface area contributed by atoms with Crippen molar-refractivity contribution in [3.8, 4) is 0 Å². The van der Waals surface area contributed by atoms with Crippen molar-refractivity contribution in [2.45, 2.75) is 13.8 Å². The van der Waals surface area contributed by atoms with Gasteiger partial charge in [-0.05, 0) is 38.1 Å². The Balaban J connectivity index is 0.00000324. The molecule has 0 saturated heterocycles. The van der Waals surface area contributed by atoms with E-state index >= 15 is 0 Å². The number of ether oxygens (including phenoxy) is 1. The van der Waals surface area contributed by atoms with Gasteiger partial charge in [0.15, 0.2) is 0 Å². The maximum Gasteiger partial charge on any atom is 0.379 e. The first-order valence-electron chi connectivity index (χ1n) is 5.34. The van der Waals surface area contributed by atoms with Crippen LogP contribution in [0.25, 0.3) is 5.76 Å². The Morgan fingerprint density at radius 2 is 1.79 bits per heavy atom. The van der Waals surface area contributed by atoms with Crippen molar-refractivity contribution in [2.75, 3.05) is 6.61 Å². The van der Waals surface area contributed by atoms with Crippen LogP contribution in [-0.4, -0.2) is 42.3 Å². The molecule has 0 aromatic heterocycles. The number of hydrogen-bond acceptors (Lipinski definition) is 4. The smallest absolute Gasteiger partial charge is 0.379 e. The van der Waals surface area contributed by atoms with Crippen molar-refractivity contribution in [2.24, 2.45) is 0 Å². The first kappa shape index (κ1) is 17.8. The second-order valence-electron chi connectivity index (χ2n) is 3.53. The number of esters is 1. The van der Waals surface area contributed by atoms with E-state index < -0.39 is 11.8 Å². The average molecular weight is 276 g/mol. The summed E-state index contributed by atoms with van der Waals surface area (Å²) in [6.07, 6.45) is 0. The summed E-state index contributed by atoms with van der Waals surface area (Å²) in [7, 11) is 0. The van der Waals surface area contributed by atoms with Gasteiger partial charge in [0.2, 0.25) is 0 Å². The number of rotatable bonds is 4. The van der Waals surface area contributed by atoms with E-state index in [0.29, 0.717) is 10.6 Å². The second-order valence-corrected chi connectivity index (χ2v) is 3.97. The molecule has 0 aliphatic heterocycles. The molecule has 1 rings (SSSR count). The molecule has 1 N–H and O–H groups in total. The van der Waals surface area contributed by atoms with Gasteiger partial charge in [0.05, 0.1) is 6.61 Å². The first-order valence-corrected chi connectivity index (χ1v) is 5.72. The largest absolute Gasteiger partial charge is 0.507 e. The minimum absolute atomic E-state index is 0. The summed E-state index contributed by atoms with van der Waals surface area (Å²) in [6, 6.07) is 6.27. The van der Waals surface area contributed by atoms with Crippen LogP contribution in [0.15, 0.2) is 29.8 Å². The number of hydrogen-bond donors (Lipinski definition) is 1. The molecule has 97 valence electrons. The number of carbonyl (C=O) groups excluding carboxylic acids is 2. The number of benzene rings is 1. The van der Waals surface area contributed by atoms with E-state index in [9.17, 15) is 14.7 Å². The molecule has 0 atom stereocenters. The Morgan fingerprint density at radius 1 is 1.26 bits per heavy atom. The van der Waals surface area contributed by atoms with Crippen LogP contribution in [0.4, 0.5) is 0 Å². The van der Waals surface area contributed by atoms with Gasteiger partial charge in [0, 0.05) is 35.0 Å². The molecule has 0 fully saturated rings. The number of Topliss-reactive ketones (excluding diaryl/α,β-unsaturated/α-hetero) is 1. The van der Waals surface area contributed by atoms with Gasteiger partial charge in [-0.25, -0.2) is 4.79 Å². The predicted octanol–water partition coefficient (Wildman–Crippen LogP) is 2.38. The van der Waals surface area contributed by atoms with Crippen LogP contribution in [0.2, 0.25) is 5.02 Å². The van der Waals surface area contributed by atoms with Gasteiger partial charge in [-0.2, -0.15) is 0 Å². The molecule has 0 spiro atoms. The number of carbonyl (C=O) groups is 2. The van der Waals surface area contributed by atoms with Crippen LogP contribution >= 0.6 is 11.6 Å². The number of halogens is 1. The van der Waals surface area contributed by atoms with E-state index in [4.69, 9.17) is 11.6 Å². The third-order valence-electron chi connectivity index (χ3n) is 2.27. The summed E-state index contributed by atoms with van der Waals surface area (Å²) in [5.74, 6) is -2.09. The van der Waals surface area contributed by atoms with Crippen molar-refractivity contribution in [3.05, 3.63) is 40.4 Å². The molecule has 1 aromatic rings. The number of aliphatic hydroxyl groups is 1. The van der Waals surface area contributed by atoms with E-state index in [1.807, 2.05) is 0 Å². The zero-order valence-corrected chi connectivity index (χ0v) is 11.8. The molecular weight excluding hydrogens is 263 g/mol. The summed E-state index contributed by atoms with van der Waals surface area (Å²) in [4.78, 5) is 22.8. The summed E-state index contributed by atoms with van der Waals surface area (Å²) >= 11 is 5.71. The molecule has 0 aliphatic carbocycles. The van der Waals surface area contributed by atoms with Crippen molar-refractivity contribution in [1.82, 2.24) is 0 Å². The van der Waals surface area contributed by atoms with Crippen molar-refractivity contribution >= 4 is 48.0 Å². The third-order valence-corrected chi connectivity index (χ3v) is 2.53. The van der Waals surface area contributed by atoms with Gasteiger partial charge in [-0.15, -0.1) is 0 Å². The summed E-state index contributed by atoms with van der Waals surface area (Å²) in [5.41, 5.74) is 0.352. The Labute approximate surface area is 128 Å². The molecule has 0 bridgehead atoms. The van der Waals surface area contributed by atoms with Gasteiger partial charge < -0.3 is 9.84 Å². The zero-order valence-electron chi connectivity index (χ0n) is 11.1. The maximum absolute atomic E-state index is 11.6. The Bertz CT molecular complexity index is 494. The molecule has 0 heterocycles. The summed E-state index contributed by atoms with van der Waals surface area (Å²) in [5, 5.41) is 10.4. The minimum Gasteiger partial charge on any atom is -0.507 e. The Kier molecular flexibility index (Phi) is 7.54. The van der Waals surface area contributed by atoms with Gasteiger partial charge in [-0.3, -0.25) is 4.79 Å². The topological polar surface area (TPSA) is 63.6 Å². The fraction of sp³-hybridized carbons (Fsp3) is 0.231. The zero-order chi connectivity index (χ0) is 13.7. The number of aliphatic hydroxyl groups excluding tert-OH is 1. The maximum atomic E-state index is 11.6. The van der Waals surface area contributed by atoms with E-state index in [1.54, 1.807) is 31.2 Å². The molecule has 0 amide bonds. The SMILES string of the molecule is CCOC(=O)C(=O)C(C)=C(O)c1ccc(Cl)cc1.[Li]. The normalized spacial score (nSPS) is 11.1. The molecule has 0 aliphatic rings. The molecular formula is C13H13ClLiO4. The van der Waals surface area contributed by atoms with Crippen LogP contribution in [0.5, 0.6) is 0 Å². The fourth-order valence-electron chi connectivity index (χ4n) is 1.28. The molecule has 1 radical (unpaired) electrons.